The standard InChI is InChI=1S/C31H20Cl2N2O3S/c32-19-10-7-17(8-11-19)28(36)26-27(29(37)24-6-3-15-39-24)35-23-13-12-20(33)16-18(23)9-14-25(35)31(26)21-4-1-2-5-22(21)34-30(31)38/h1-16,25-27H,(H,34,38)/t25-,26+,27+,31-/m1/s1. The van der Waals surface area contributed by atoms with Crippen LogP contribution in [0.15, 0.2) is 90.3 Å². The Balaban J connectivity index is 1.54. The number of para-hydroxylation sites is 1. The molecule has 3 aromatic carbocycles. The van der Waals surface area contributed by atoms with Gasteiger partial charge in [0.1, 0.15) is 11.5 Å². The predicted octanol–water partition coefficient (Wildman–Crippen LogP) is 6.91. The molecule has 4 atom stereocenters. The van der Waals surface area contributed by atoms with Crippen LogP contribution < -0.4 is 10.2 Å². The highest BCUT2D eigenvalue weighted by atomic mass is 35.5. The molecule has 1 spiro atoms. The Morgan fingerprint density at radius 2 is 1.67 bits per heavy atom. The van der Waals surface area contributed by atoms with Crippen LogP contribution in [0.25, 0.3) is 6.08 Å². The number of carbonyl (C=O) groups is 3. The highest BCUT2D eigenvalue weighted by Gasteiger charge is 2.70. The zero-order chi connectivity index (χ0) is 26.9. The topological polar surface area (TPSA) is 66.5 Å². The summed E-state index contributed by atoms with van der Waals surface area (Å²) in [7, 11) is 0. The summed E-state index contributed by atoms with van der Waals surface area (Å²) < 4.78 is 0. The molecule has 1 saturated heterocycles. The van der Waals surface area contributed by atoms with E-state index in [9.17, 15) is 14.4 Å². The van der Waals surface area contributed by atoms with E-state index in [-0.39, 0.29) is 17.5 Å². The number of nitrogens with one attached hydrogen (secondary N) is 1. The van der Waals surface area contributed by atoms with Crippen molar-refractivity contribution in [3.8, 4) is 0 Å². The van der Waals surface area contributed by atoms with Crippen LogP contribution in [0.3, 0.4) is 0 Å². The van der Waals surface area contributed by atoms with Gasteiger partial charge in [0.05, 0.1) is 16.8 Å². The number of rotatable bonds is 4. The number of ketones is 2. The molecule has 0 bridgehead atoms. The molecule has 39 heavy (non-hydrogen) atoms. The maximum atomic E-state index is 14.6. The first kappa shape index (κ1) is 24.3. The second-order valence-electron chi connectivity index (χ2n) is 9.92. The zero-order valence-corrected chi connectivity index (χ0v) is 22.6. The molecule has 1 aromatic heterocycles. The van der Waals surface area contributed by atoms with Gasteiger partial charge in [-0.1, -0.05) is 59.6 Å². The van der Waals surface area contributed by atoms with E-state index in [0.29, 0.717) is 31.7 Å². The van der Waals surface area contributed by atoms with Crippen LogP contribution in [0.2, 0.25) is 10.0 Å². The van der Waals surface area contributed by atoms with Crippen LogP contribution in [-0.4, -0.2) is 29.6 Å². The van der Waals surface area contributed by atoms with E-state index in [1.54, 1.807) is 36.4 Å². The molecule has 7 rings (SSSR count). The first-order valence-electron chi connectivity index (χ1n) is 12.5. The molecule has 0 saturated carbocycles. The van der Waals surface area contributed by atoms with Crippen molar-refractivity contribution in [2.75, 3.05) is 10.2 Å². The Morgan fingerprint density at radius 3 is 2.44 bits per heavy atom. The van der Waals surface area contributed by atoms with Gasteiger partial charge >= 0.3 is 0 Å². The van der Waals surface area contributed by atoms with Gasteiger partial charge in [-0.3, -0.25) is 14.4 Å². The van der Waals surface area contributed by atoms with Crippen molar-refractivity contribution < 1.29 is 14.4 Å². The van der Waals surface area contributed by atoms with E-state index in [2.05, 4.69) is 5.32 Å². The summed E-state index contributed by atoms with van der Waals surface area (Å²) in [6.45, 7) is 0. The van der Waals surface area contributed by atoms with Crippen molar-refractivity contribution in [2.24, 2.45) is 5.92 Å². The Hall–Kier alpha value is -3.71. The van der Waals surface area contributed by atoms with Crippen LogP contribution in [0.5, 0.6) is 0 Å². The van der Waals surface area contributed by atoms with Crippen molar-refractivity contribution in [3.05, 3.63) is 122 Å². The van der Waals surface area contributed by atoms with Crippen molar-refractivity contribution in [1.82, 2.24) is 0 Å². The number of thiophene rings is 1. The third-order valence-electron chi connectivity index (χ3n) is 8.04. The largest absolute Gasteiger partial charge is 0.352 e. The lowest BCUT2D eigenvalue weighted by atomic mass is 9.64. The predicted molar refractivity (Wildman–Crippen MR) is 155 cm³/mol. The minimum Gasteiger partial charge on any atom is -0.352 e. The van der Waals surface area contributed by atoms with Gasteiger partial charge in [0.15, 0.2) is 11.6 Å². The fraction of sp³-hybridized carbons (Fsp3) is 0.129. The van der Waals surface area contributed by atoms with Crippen molar-refractivity contribution in [2.45, 2.75) is 17.5 Å². The minimum absolute atomic E-state index is 0.201. The third-order valence-corrected chi connectivity index (χ3v) is 9.41. The van der Waals surface area contributed by atoms with E-state index in [4.69, 9.17) is 23.2 Å². The average molecular weight is 571 g/mol. The fourth-order valence-electron chi connectivity index (χ4n) is 6.51. The molecule has 0 aliphatic carbocycles. The quantitative estimate of drug-likeness (QED) is 0.271. The van der Waals surface area contributed by atoms with Gasteiger partial charge in [0.2, 0.25) is 5.91 Å². The molecule has 1 fully saturated rings. The van der Waals surface area contributed by atoms with Gasteiger partial charge in [-0.25, -0.2) is 0 Å². The zero-order valence-electron chi connectivity index (χ0n) is 20.3. The monoisotopic (exact) mass is 570 g/mol. The van der Waals surface area contributed by atoms with Gasteiger partial charge < -0.3 is 10.2 Å². The smallest absolute Gasteiger partial charge is 0.238 e. The summed E-state index contributed by atoms with van der Waals surface area (Å²) in [5.41, 5.74) is 1.98. The van der Waals surface area contributed by atoms with Crippen LogP contribution in [0.4, 0.5) is 11.4 Å². The molecule has 8 heteroatoms. The molecule has 1 N–H and O–H groups in total. The number of benzene rings is 3. The van der Waals surface area contributed by atoms with Gasteiger partial charge in [-0.2, -0.15) is 0 Å². The Bertz CT molecular complexity index is 1700. The Labute approximate surface area is 238 Å². The number of halogens is 2. The van der Waals surface area contributed by atoms with Gasteiger partial charge in [-0.05, 0) is 71.1 Å². The number of nitrogens with zero attached hydrogens (tertiary/aromatic N) is 1. The number of Topliss-reactive ketones (excluding diaryl/α,β-unsaturated/α-hetero) is 2. The highest BCUT2D eigenvalue weighted by molar-refractivity contribution is 7.12. The fourth-order valence-corrected chi connectivity index (χ4v) is 7.51. The van der Waals surface area contributed by atoms with Crippen LogP contribution >= 0.6 is 34.5 Å². The second kappa shape index (κ2) is 8.91. The maximum Gasteiger partial charge on any atom is 0.238 e. The SMILES string of the molecule is O=C(c1cccs1)[C@@H]1[C@@H](C(=O)c2ccc(Cl)cc2)[C@]2(C(=O)Nc3ccccc32)[C@H]2C=Cc3cc(Cl)ccc3N12. The molecule has 3 aliphatic rings. The van der Waals surface area contributed by atoms with E-state index in [1.165, 1.54) is 11.3 Å². The molecule has 4 heterocycles. The number of anilines is 2. The van der Waals surface area contributed by atoms with Crippen LogP contribution in [0, 0.1) is 5.92 Å². The summed E-state index contributed by atoms with van der Waals surface area (Å²) in [6.07, 6.45) is 3.87. The van der Waals surface area contributed by atoms with Crippen LogP contribution in [-0.2, 0) is 10.2 Å². The summed E-state index contributed by atoms with van der Waals surface area (Å²) in [5, 5.41) is 5.93. The van der Waals surface area contributed by atoms with Crippen molar-refractivity contribution >= 4 is 69.5 Å². The molecule has 3 aliphatic heterocycles. The summed E-state index contributed by atoms with van der Waals surface area (Å²) >= 11 is 13.8. The summed E-state index contributed by atoms with van der Waals surface area (Å²) in [5.74, 6) is -1.80. The van der Waals surface area contributed by atoms with E-state index in [1.807, 2.05) is 64.9 Å². The molecule has 1 amide bonds. The minimum atomic E-state index is -1.35. The first-order chi connectivity index (χ1) is 18.9. The average Bonchev–Trinajstić information content (AvgIpc) is 3.65. The lowest BCUT2D eigenvalue weighted by Gasteiger charge is -2.37. The number of hydrogen-bond donors (Lipinski definition) is 1. The molecular formula is C31H20Cl2N2O3S. The van der Waals surface area contributed by atoms with E-state index < -0.39 is 23.4 Å². The summed E-state index contributed by atoms with van der Waals surface area (Å²) in [4.78, 5) is 45.8. The lowest BCUT2D eigenvalue weighted by molar-refractivity contribution is -0.121. The number of carbonyl (C=O) groups excluding carboxylic acids is 3. The number of amides is 1. The molecule has 0 unspecified atom stereocenters. The first-order valence-corrected chi connectivity index (χ1v) is 14.1. The Morgan fingerprint density at radius 1 is 0.897 bits per heavy atom. The third kappa shape index (κ3) is 3.42. The molecular weight excluding hydrogens is 551 g/mol. The summed E-state index contributed by atoms with van der Waals surface area (Å²) in [6, 6.07) is 21.6. The molecule has 192 valence electrons. The van der Waals surface area contributed by atoms with Gasteiger partial charge in [-0.15, -0.1) is 11.3 Å². The molecule has 0 radical (unpaired) electrons. The van der Waals surface area contributed by atoms with Crippen molar-refractivity contribution in [3.63, 3.8) is 0 Å². The van der Waals surface area contributed by atoms with Gasteiger partial charge in [0, 0.05) is 27.0 Å². The second-order valence-corrected chi connectivity index (χ2v) is 11.7. The van der Waals surface area contributed by atoms with E-state index >= 15 is 0 Å². The molecule has 5 nitrogen and oxygen atoms in total. The van der Waals surface area contributed by atoms with E-state index in [0.717, 1.165) is 11.3 Å². The maximum absolute atomic E-state index is 14.6. The number of fused-ring (bicyclic) bond motifs is 6. The van der Waals surface area contributed by atoms with Crippen molar-refractivity contribution in [1.29, 1.82) is 0 Å². The normalized spacial score (nSPS) is 24.3. The number of hydrogen-bond acceptors (Lipinski definition) is 5. The Kier molecular flexibility index (Phi) is 5.56. The van der Waals surface area contributed by atoms with Crippen LogP contribution in [0.1, 0.15) is 31.2 Å². The molecule has 4 aromatic rings. The lowest BCUT2D eigenvalue weighted by Crippen LogP contribution is -2.51. The van der Waals surface area contributed by atoms with Gasteiger partial charge in [0.25, 0.3) is 0 Å². The highest BCUT2D eigenvalue weighted by Crippen LogP contribution is 2.58.